The molecule has 1 fully saturated rings. The van der Waals surface area contributed by atoms with E-state index in [0.717, 1.165) is 28.0 Å². The molecule has 3 aromatic rings. The number of hydrogen-bond acceptors (Lipinski definition) is 4. The first-order chi connectivity index (χ1) is 15.0. The molecular formula is C24H28N4O3. The maximum atomic E-state index is 12.8. The first kappa shape index (κ1) is 21.1. The summed E-state index contributed by atoms with van der Waals surface area (Å²) in [6.45, 7) is 7.03. The molecule has 31 heavy (non-hydrogen) atoms. The van der Waals surface area contributed by atoms with Gasteiger partial charge >= 0.3 is 0 Å². The van der Waals surface area contributed by atoms with E-state index in [4.69, 9.17) is 9.72 Å². The molecule has 162 valence electrons. The van der Waals surface area contributed by atoms with Crippen LogP contribution < -0.4 is 5.32 Å². The summed E-state index contributed by atoms with van der Waals surface area (Å²) < 4.78 is 7.32. The molecule has 7 heteroatoms. The second-order valence-corrected chi connectivity index (χ2v) is 7.92. The molecule has 1 aliphatic rings. The highest BCUT2D eigenvalue weighted by Crippen LogP contribution is 2.17. The van der Waals surface area contributed by atoms with Gasteiger partial charge in [0.05, 0.1) is 24.2 Å². The number of aromatic nitrogens is 2. The summed E-state index contributed by atoms with van der Waals surface area (Å²) in [4.78, 5) is 32.0. The van der Waals surface area contributed by atoms with E-state index in [0.29, 0.717) is 44.8 Å². The normalized spacial score (nSPS) is 14.1. The Hall–Kier alpha value is -3.19. The van der Waals surface area contributed by atoms with Crippen molar-refractivity contribution in [3.63, 3.8) is 0 Å². The van der Waals surface area contributed by atoms with E-state index in [1.807, 2.05) is 65.8 Å². The number of hydrogen-bond donors (Lipinski definition) is 1. The lowest BCUT2D eigenvalue weighted by Crippen LogP contribution is -2.42. The topological polar surface area (TPSA) is 76.5 Å². The zero-order chi connectivity index (χ0) is 21.8. The van der Waals surface area contributed by atoms with E-state index in [9.17, 15) is 9.59 Å². The molecule has 0 atom stereocenters. The Kier molecular flexibility index (Phi) is 6.32. The Bertz CT molecular complexity index is 1100. The van der Waals surface area contributed by atoms with E-state index in [-0.39, 0.29) is 18.4 Å². The van der Waals surface area contributed by atoms with Crippen molar-refractivity contribution in [2.24, 2.45) is 0 Å². The van der Waals surface area contributed by atoms with E-state index in [1.165, 1.54) is 0 Å². The smallest absolute Gasteiger partial charge is 0.251 e. The van der Waals surface area contributed by atoms with E-state index < -0.39 is 0 Å². The third-order valence-electron chi connectivity index (χ3n) is 5.65. The van der Waals surface area contributed by atoms with E-state index >= 15 is 0 Å². The average molecular weight is 421 g/mol. The Balaban J connectivity index is 1.47. The van der Waals surface area contributed by atoms with Crippen LogP contribution in [0.25, 0.3) is 11.0 Å². The van der Waals surface area contributed by atoms with Crippen LogP contribution in [0.3, 0.4) is 0 Å². The molecule has 2 aromatic carbocycles. The van der Waals surface area contributed by atoms with Gasteiger partial charge in [-0.1, -0.05) is 29.8 Å². The summed E-state index contributed by atoms with van der Waals surface area (Å²) in [5.74, 6) is 0.764. The van der Waals surface area contributed by atoms with Gasteiger partial charge in [-0.3, -0.25) is 9.59 Å². The second-order valence-electron chi connectivity index (χ2n) is 7.92. The standard InChI is InChI=1S/C24H28N4O3/c1-17-7-8-19(18(2)15-17)24(30)25-10-9-22-26-20-5-3-4-6-21(20)28(22)16-23(29)27-11-13-31-14-12-27/h3-8,15H,9-14,16H2,1-2H3,(H,25,30). The van der Waals surface area contributed by atoms with Crippen LogP contribution in [0.4, 0.5) is 0 Å². The highest BCUT2D eigenvalue weighted by atomic mass is 16.5. The van der Waals surface area contributed by atoms with Gasteiger partial charge in [0.2, 0.25) is 5.91 Å². The molecule has 0 aliphatic carbocycles. The summed E-state index contributed by atoms with van der Waals surface area (Å²) in [6.07, 6.45) is 0.543. The van der Waals surface area contributed by atoms with Crippen molar-refractivity contribution in [1.82, 2.24) is 19.8 Å². The molecule has 0 saturated carbocycles. The van der Waals surface area contributed by atoms with Crippen LogP contribution in [0.1, 0.15) is 27.3 Å². The molecule has 0 unspecified atom stereocenters. The zero-order valence-electron chi connectivity index (χ0n) is 18.1. The van der Waals surface area contributed by atoms with Crippen molar-refractivity contribution in [3.05, 3.63) is 65.0 Å². The van der Waals surface area contributed by atoms with Gasteiger partial charge < -0.3 is 19.5 Å². The van der Waals surface area contributed by atoms with Crippen molar-refractivity contribution in [1.29, 1.82) is 0 Å². The summed E-state index contributed by atoms with van der Waals surface area (Å²) in [5, 5.41) is 2.99. The molecule has 1 saturated heterocycles. The minimum absolute atomic E-state index is 0.0621. The monoisotopic (exact) mass is 420 g/mol. The summed E-state index contributed by atoms with van der Waals surface area (Å²) in [5.41, 5.74) is 4.56. The van der Waals surface area contributed by atoms with Crippen molar-refractivity contribution >= 4 is 22.8 Å². The number of morpholine rings is 1. The number of imidazole rings is 1. The van der Waals surface area contributed by atoms with E-state index in [1.54, 1.807) is 0 Å². The summed E-state index contributed by atoms with van der Waals surface area (Å²) in [6, 6.07) is 13.6. The van der Waals surface area contributed by atoms with Crippen LogP contribution in [0.5, 0.6) is 0 Å². The molecule has 7 nitrogen and oxygen atoms in total. The maximum Gasteiger partial charge on any atom is 0.251 e. The Morgan fingerprint density at radius 2 is 1.87 bits per heavy atom. The number of nitrogens with zero attached hydrogens (tertiary/aromatic N) is 3. The molecule has 0 spiro atoms. The fourth-order valence-electron chi connectivity index (χ4n) is 3.99. The number of aryl methyl sites for hydroxylation is 2. The number of para-hydroxylation sites is 2. The lowest BCUT2D eigenvalue weighted by molar-refractivity contribution is -0.135. The highest BCUT2D eigenvalue weighted by Gasteiger charge is 2.20. The number of amides is 2. The fraction of sp³-hybridized carbons (Fsp3) is 0.375. The minimum Gasteiger partial charge on any atom is -0.378 e. The fourth-order valence-corrected chi connectivity index (χ4v) is 3.99. The van der Waals surface area contributed by atoms with Gasteiger partial charge in [0, 0.05) is 31.6 Å². The Morgan fingerprint density at radius 3 is 2.65 bits per heavy atom. The molecular weight excluding hydrogens is 392 g/mol. The van der Waals surface area contributed by atoms with Gasteiger partial charge in [0.25, 0.3) is 5.91 Å². The first-order valence-electron chi connectivity index (χ1n) is 10.7. The van der Waals surface area contributed by atoms with Crippen LogP contribution in [-0.2, 0) is 22.5 Å². The minimum atomic E-state index is -0.0930. The van der Waals surface area contributed by atoms with Gasteiger partial charge in [-0.05, 0) is 37.6 Å². The van der Waals surface area contributed by atoms with E-state index in [2.05, 4.69) is 5.32 Å². The molecule has 0 bridgehead atoms. The molecule has 2 heterocycles. The molecule has 1 N–H and O–H groups in total. The maximum absolute atomic E-state index is 12.8. The van der Waals surface area contributed by atoms with Crippen LogP contribution >= 0.6 is 0 Å². The quantitative estimate of drug-likeness (QED) is 0.665. The average Bonchev–Trinajstić information content (AvgIpc) is 3.11. The number of fused-ring (bicyclic) bond motifs is 1. The van der Waals surface area contributed by atoms with Gasteiger partial charge in [-0.2, -0.15) is 0 Å². The molecule has 0 radical (unpaired) electrons. The zero-order valence-corrected chi connectivity index (χ0v) is 18.1. The molecule has 4 rings (SSSR count). The van der Waals surface area contributed by atoms with Gasteiger partial charge in [0.1, 0.15) is 12.4 Å². The number of nitrogens with one attached hydrogen (secondary N) is 1. The molecule has 1 aliphatic heterocycles. The number of rotatable bonds is 6. The lowest BCUT2D eigenvalue weighted by Gasteiger charge is -2.27. The number of carbonyl (C=O) groups is 2. The SMILES string of the molecule is Cc1ccc(C(=O)NCCc2nc3ccccc3n2CC(=O)N2CCOCC2)c(C)c1. The predicted molar refractivity (Wildman–Crippen MR) is 119 cm³/mol. The molecule has 1 aromatic heterocycles. The highest BCUT2D eigenvalue weighted by molar-refractivity contribution is 5.95. The third kappa shape index (κ3) is 4.77. The van der Waals surface area contributed by atoms with Crippen molar-refractivity contribution in [2.75, 3.05) is 32.8 Å². The number of ether oxygens (including phenoxy) is 1. The van der Waals surface area contributed by atoms with Crippen LogP contribution in [-0.4, -0.2) is 59.1 Å². The number of carbonyl (C=O) groups excluding carboxylic acids is 2. The van der Waals surface area contributed by atoms with Gasteiger partial charge in [0.15, 0.2) is 0 Å². The predicted octanol–water partition coefficient (Wildman–Crippen LogP) is 2.48. The first-order valence-corrected chi connectivity index (χ1v) is 10.7. The molecule has 2 amide bonds. The van der Waals surface area contributed by atoms with Gasteiger partial charge in [-0.25, -0.2) is 4.98 Å². The summed E-state index contributed by atoms with van der Waals surface area (Å²) in [7, 11) is 0. The van der Waals surface area contributed by atoms with Gasteiger partial charge in [-0.15, -0.1) is 0 Å². The Morgan fingerprint density at radius 1 is 1.10 bits per heavy atom. The van der Waals surface area contributed by atoms with Crippen molar-refractivity contribution in [2.45, 2.75) is 26.8 Å². The Labute approximate surface area is 182 Å². The summed E-state index contributed by atoms with van der Waals surface area (Å²) >= 11 is 0. The third-order valence-corrected chi connectivity index (χ3v) is 5.65. The van der Waals surface area contributed by atoms with Crippen molar-refractivity contribution in [3.8, 4) is 0 Å². The van der Waals surface area contributed by atoms with Crippen LogP contribution in [0.15, 0.2) is 42.5 Å². The second kappa shape index (κ2) is 9.31. The largest absolute Gasteiger partial charge is 0.378 e. The van der Waals surface area contributed by atoms with Crippen LogP contribution in [0, 0.1) is 13.8 Å². The van der Waals surface area contributed by atoms with Crippen LogP contribution in [0.2, 0.25) is 0 Å². The van der Waals surface area contributed by atoms with Crippen molar-refractivity contribution < 1.29 is 14.3 Å². The lowest BCUT2D eigenvalue weighted by atomic mass is 10.1. The number of benzene rings is 2.